The predicted octanol–water partition coefficient (Wildman–Crippen LogP) is 5.04. The van der Waals surface area contributed by atoms with Crippen molar-refractivity contribution in [1.29, 1.82) is 0 Å². The lowest BCUT2D eigenvalue weighted by atomic mass is 9.81. The van der Waals surface area contributed by atoms with Gasteiger partial charge in [-0.05, 0) is 17.2 Å². The molecule has 21 heavy (non-hydrogen) atoms. The molecular weight excluding hydrogens is 254 g/mol. The molecule has 1 nitrogen and oxygen atoms in total. The molecule has 0 fully saturated rings. The van der Waals surface area contributed by atoms with Crippen molar-refractivity contribution >= 4 is 10.9 Å². The quantitative estimate of drug-likeness (QED) is 0.686. The molecule has 0 spiro atoms. The summed E-state index contributed by atoms with van der Waals surface area (Å²) in [7, 11) is 0. The number of aromatic amines is 1. The number of hydrogen-bond acceptors (Lipinski definition) is 0. The lowest BCUT2D eigenvalue weighted by Crippen LogP contribution is -2.09. The van der Waals surface area contributed by atoms with Gasteiger partial charge in [-0.25, -0.2) is 0 Å². The molecule has 4 rings (SSSR count). The van der Waals surface area contributed by atoms with Crippen molar-refractivity contribution in [3.63, 3.8) is 0 Å². The Hall–Kier alpha value is -2.54. The van der Waals surface area contributed by atoms with Crippen LogP contribution in [-0.4, -0.2) is 4.98 Å². The molecule has 0 bridgehead atoms. The number of rotatable bonds is 3. The van der Waals surface area contributed by atoms with Gasteiger partial charge in [0.2, 0.25) is 0 Å². The first-order chi connectivity index (χ1) is 10.4. The SMILES string of the molecule is C1=CC(C(c2ccccc2)c2c[nH]c3ccccc23)C=C1. The molecule has 1 heteroatoms. The van der Waals surface area contributed by atoms with E-state index in [0.717, 1.165) is 0 Å². The van der Waals surface area contributed by atoms with Gasteiger partial charge in [-0.3, -0.25) is 0 Å². The molecule has 102 valence electrons. The highest BCUT2D eigenvalue weighted by atomic mass is 14.7. The molecule has 1 aliphatic carbocycles. The van der Waals surface area contributed by atoms with E-state index < -0.39 is 0 Å². The number of nitrogens with one attached hydrogen (secondary N) is 1. The number of allylic oxidation sites excluding steroid dienone is 4. The van der Waals surface area contributed by atoms with Crippen molar-refractivity contribution in [2.24, 2.45) is 5.92 Å². The Morgan fingerprint density at radius 1 is 0.810 bits per heavy atom. The average Bonchev–Trinajstić information content (AvgIpc) is 3.20. The summed E-state index contributed by atoms with van der Waals surface area (Å²) in [5.74, 6) is 0.781. The third-order valence-electron chi connectivity index (χ3n) is 4.28. The Morgan fingerprint density at radius 2 is 1.52 bits per heavy atom. The van der Waals surface area contributed by atoms with Crippen molar-refractivity contribution in [2.75, 3.05) is 0 Å². The van der Waals surface area contributed by atoms with E-state index in [1.807, 2.05) is 0 Å². The molecule has 0 amide bonds. The minimum Gasteiger partial charge on any atom is -0.361 e. The normalized spacial score (nSPS) is 15.8. The maximum atomic E-state index is 3.41. The molecule has 1 unspecified atom stereocenters. The molecule has 1 atom stereocenters. The Kier molecular flexibility index (Phi) is 2.97. The zero-order valence-corrected chi connectivity index (χ0v) is 11.7. The second-order valence-corrected chi connectivity index (χ2v) is 5.53. The fourth-order valence-electron chi connectivity index (χ4n) is 3.29. The van der Waals surface area contributed by atoms with Gasteiger partial charge in [0.1, 0.15) is 0 Å². The number of aromatic nitrogens is 1. The van der Waals surface area contributed by atoms with E-state index in [-0.39, 0.29) is 0 Å². The van der Waals surface area contributed by atoms with E-state index >= 15 is 0 Å². The lowest BCUT2D eigenvalue weighted by molar-refractivity contribution is 0.697. The molecule has 1 N–H and O–H groups in total. The Bertz CT molecular complexity index is 796. The monoisotopic (exact) mass is 271 g/mol. The third kappa shape index (κ3) is 2.11. The van der Waals surface area contributed by atoms with Crippen molar-refractivity contribution in [2.45, 2.75) is 5.92 Å². The van der Waals surface area contributed by atoms with E-state index in [4.69, 9.17) is 0 Å². The maximum absolute atomic E-state index is 3.41. The summed E-state index contributed by atoms with van der Waals surface area (Å²) in [6, 6.07) is 19.3. The number of benzene rings is 2. The summed E-state index contributed by atoms with van der Waals surface area (Å²) < 4.78 is 0. The van der Waals surface area contributed by atoms with E-state index in [1.54, 1.807) is 0 Å². The number of fused-ring (bicyclic) bond motifs is 1. The van der Waals surface area contributed by atoms with Crippen LogP contribution in [0.5, 0.6) is 0 Å². The lowest BCUT2D eigenvalue weighted by Gasteiger charge is -2.21. The van der Waals surface area contributed by atoms with Gasteiger partial charge in [0.25, 0.3) is 0 Å². The molecule has 0 radical (unpaired) electrons. The van der Waals surface area contributed by atoms with Crippen molar-refractivity contribution in [1.82, 2.24) is 4.98 Å². The molecule has 0 saturated heterocycles. The summed E-state index contributed by atoms with van der Waals surface area (Å²) in [6.45, 7) is 0. The van der Waals surface area contributed by atoms with Crippen LogP contribution in [0.4, 0.5) is 0 Å². The van der Waals surface area contributed by atoms with Crippen LogP contribution < -0.4 is 0 Å². The topological polar surface area (TPSA) is 15.8 Å². The standard InChI is InChI=1S/C20H17N/c1-2-8-15(9-3-1)20(16-10-4-5-11-16)18-14-21-19-13-7-6-12-17(18)19/h1-14,16,20-21H. The molecule has 1 heterocycles. The van der Waals surface area contributed by atoms with E-state index in [0.29, 0.717) is 11.8 Å². The van der Waals surface area contributed by atoms with E-state index in [2.05, 4.69) is 90.1 Å². The summed E-state index contributed by atoms with van der Waals surface area (Å²) >= 11 is 0. The van der Waals surface area contributed by atoms with Gasteiger partial charge >= 0.3 is 0 Å². The zero-order valence-electron chi connectivity index (χ0n) is 11.7. The van der Waals surface area contributed by atoms with Gasteiger partial charge in [0.05, 0.1) is 0 Å². The minimum absolute atomic E-state index is 0.359. The summed E-state index contributed by atoms with van der Waals surface area (Å²) in [5, 5.41) is 1.32. The first-order valence-electron chi connectivity index (χ1n) is 7.39. The highest BCUT2D eigenvalue weighted by Crippen LogP contribution is 2.38. The van der Waals surface area contributed by atoms with Crippen LogP contribution in [0.1, 0.15) is 17.0 Å². The first-order valence-corrected chi connectivity index (χ1v) is 7.39. The second-order valence-electron chi connectivity index (χ2n) is 5.53. The molecule has 2 aromatic carbocycles. The van der Waals surface area contributed by atoms with Crippen LogP contribution in [0.3, 0.4) is 0 Å². The molecule has 0 saturated carbocycles. The van der Waals surface area contributed by atoms with Crippen LogP contribution >= 0.6 is 0 Å². The van der Waals surface area contributed by atoms with Gasteiger partial charge in [0.15, 0.2) is 0 Å². The highest BCUT2D eigenvalue weighted by molar-refractivity contribution is 5.84. The van der Waals surface area contributed by atoms with E-state index in [9.17, 15) is 0 Å². The van der Waals surface area contributed by atoms with Crippen molar-refractivity contribution in [3.8, 4) is 0 Å². The predicted molar refractivity (Wildman–Crippen MR) is 88.4 cm³/mol. The van der Waals surface area contributed by atoms with Gasteiger partial charge in [0, 0.05) is 28.9 Å². The summed E-state index contributed by atoms with van der Waals surface area (Å²) in [6.07, 6.45) is 11.0. The van der Waals surface area contributed by atoms with Crippen LogP contribution in [0, 0.1) is 5.92 Å². The zero-order chi connectivity index (χ0) is 14.1. The van der Waals surface area contributed by atoms with Crippen LogP contribution in [0.25, 0.3) is 10.9 Å². The Labute approximate surface area is 124 Å². The fraction of sp³-hybridized carbons (Fsp3) is 0.100. The van der Waals surface area contributed by atoms with Gasteiger partial charge in [-0.1, -0.05) is 72.8 Å². The van der Waals surface area contributed by atoms with Gasteiger partial charge in [-0.2, -0.15) is 0 Å². The Morgan fingerprint density at radius 3 is 2.33 bits per heavy atom. The first kappa shape index (κ1) is 12.2. The third-order valence-corrected chi connectivity index (χ3v) is 4.28. The Balaban J connectivity index is 1.90. The van der Waals surface area contributed by atoms with Crippen LogP contribution in [-0.2, 0) is 0 Å². The smallest absolute Gasteiger partial charge is 0.0457 e. The highest BCUT2D eigenvalue weighted by Gasteiger charge is 2.24. The van der Waals surface area contributed by atoms with Gasteiger partial charge in [-0.15, -0.1) is 0 Å². The minimum atomic E-state index is 0.359. The molecular formula is C20H17N. The number of H-pyrrole nitrogens is 1. The molecule has 1 aliphatic rings. The second kappa shape index (κ2) is 5.10. The fourth-order valence-corrected chi connectivity index (χ4v) is 3.29. The van der Waals surface area contributed by atoms with Gasteiger partial charge < -0.3 is 4.98 Å². The molecule has 3 aromatic rings. The van der Waals surface area contributed by atoms with Crippen LogP contribution in [0.2, 0.25) is 0 Å². The van der Waals surface area contributed by atoms with Crippen LogP contribution in [0.15, 0.2) is 85.1 Å². The summed E-state index contributed by atoms with van der Waals surface area (Å²) in [4.78, 5) is 3.41. The number of hydrogen-bond donors (Lipinski definition) is 1. The van der Waals surface area contributed by atoms with E-state index in [1.165, 1.54) is 22.0 Å². The maximum Gasteiger partial charge on any atom is 0.0457 e. The van der Waals surface area contributed by atoms with Crippen molar-refractivity contribution in [3.05, 3.63) is 96.2 Å². The summed E-state index contributed by atoms with van der Waals surface area (Å²) in [5.41, 5.74) is 3.95. The largest absolute Gasteiger partial charge is 0.361 e. The number of para-hydroxylation sites is 1. The average molecular weight is 271 g/mol. The van der Waals surface area contributed by atoms with Crippen molar-refractivity contribution < 1.29 is 0 Å². The molecule has 0 aliphatic heterocycles. The molecule has 1 aromatic heterocycles.